The highest BCUT2D eigenvalue weighted by molar-refractivity contribution is 6.04. The Kier molecular flexibility index (Phi) is 6.66. The van der Waals surface area contributed by atoms with E-state index in [4.69, 9.17) is 4.74 Å². The topological polar surface area (TPSA) is 51.5 Å². The number of hydrogen-bond donors (Lipinski definition) is 0. The summed E-state index contributed by atoms with van der Waals surface area (Å²) in [5.74, 6) is -0.348. The molecule has 4 rings (SSSR count). The van der Waals surface area contributed by atoms with E-state index in [1.165, 1.54) is 5.56 Å². The number of hydrogen-bond acceptors (Lipinski definition) is 3. The van der Waals surface area contributed by atoms with Crippen molar-refractivity contribution >= 4 is 22.8 Å². The second-order valence-electron chi connectivity index (χ2n) is 7.79. The van der Waals surface area contributed by atoms with Crippen LogP contribution in [0.5, 0.6) is 0 Å². The summed E-state index contributed by atoms with van der Waals surface area (Å²) in [4.78, 5) is 27.2. The Morgan fingerprint density at radius 3 is 2.25 bits per heavy atom. The van der Waals surface area contributed by atoms with Gasteiger partial charge in [0.25, 0.3) is 0 Å². The number of esters is 1. The smallest absolute Gasteiger partial charge is 0.339 e. The van der Waals surface area contributed by atoms with Gasteiger partial charge in [0.2, 0.25) is 5.91 Å². The van der Waals surface area contributed by atoms with Gasteiger partial charge in [-0.05, 0) is 35.7 Å². The lowest BCUT2D eigenvalue weighted by Gasteiger charge is -2.18. The number of ether oxygens (including phenoxy) is 1. The highest BCUT2D eigenvalue weighted by Crippen LogP contribution is 2.22. The van der Waals surface area contributed by atoms with E-state index in [1.54, 1.807) is 11.0 Å². The molecule has 5 heteroatoms. The third-order valence-corrected chi connectivity index (χ3v) is 5.56. The van der Waals surface area contributed by atoms with E-state index in [9.17, 15) is 9.59 Å². The van der Waals surface area contributed by atoms with Gasteiger partial charge in [-0.1, -0.05) is 66.7 Å². The quantitative estimate of drug-likeness (QED) is 0.384. The van der Waals surface area contributed by atoms with E-state index in [0.717, 1.165) is 22.9 Å². The van der Waals surface area contributed by atoms with Crippen molar-refractivity contribution in [2.75, 3.05) is 13.6 Å². The van der Waals surface area contributed by atoms with Crippen molar-refractivity contribution < 1.29 is 14.3 Å². The van der Waals surface area contributed by atoms with Crippen LogP contribution in [0.1, 0.15) is 21.5 Å². The van der Waals surface area contributed by atoms with Crippen LogP contribution in [0.2, 0.25) is 0 Å². The van der Waals surface area contributed by atoms with Crippen LogP contribution in [0.3, 0.4) is 0 Å². The van der Waals surface area contributed by atoms with E-state index in [0.29, 0.717) is 12.1 Å². The van der Waals surface area contributed by atoms with Gasteiger partial charge in [0, 0.05) is 30.7 Å². The molecule has 0 fully saturated rings. The fraction of sp³-hybridized carbons (Fsp3) is 0.185. The number of rotatable bonds is 8. The molecule has 5 nitrogen and oxygen atoms in total. The lowest BCUT2D eigenvalue weighted by molar-refractivity contribution is -0.130. The first-order valence-corrected chi connectivity index (χ1v) is 10.7. The summed E-state index contributed by atoms with van der Waals surface area (Å²) in [6.07, 6.45) is 2.66. The Balaban J connectivity index is 1.41. The average Bonchev–Trinajstić information content (AvgIpc) is 3.25. The van der Waals surface area contributed by atoms with Gasteiger partial charge < -0.3 is 14.2 Å². The molecule has 1 heterocycles. The van der Waals surface area contributed by atoms with Gasteiger partial charge in [-0.15, -0.1) is 0 Å². The molecule has 1 aromatic heterocycles. The van der Waals surface area contributed by atoms with Crippen molar-refractivity contribution in [2.24, 2.45) is 0 Å². The molecule has 1 amide bonds. The summed E-state index contributed by atoms with van der Waals surface area (Å²) in [5.41, 5.74) is 3.48. The van der Waals surface area contributed by atoms with Crippen LogP contribution in [0, 0.1) is 0 Å². The van der Waals surface area contributed by atoms with Gasteiger partial charge in [0.1, 0.15) is 13.2 Å². The number of fused-ring (bicyclic) bond motifs is 1. The summed E-state index contributed by atoms with van der Waals surface area (Å²) in [6, 6.07) is 27.1. The summed E-state index contributed by atoms with van der Waals surface area (Å²) < 4.78 is 7.38. The number of aromatic nitrogens is 1. The van der Waals surface area contributed by atoms with E-state index >= 15 is 0 Å². The maximum absolute atomic E-state index is 12.8. The first kappa shape index (κ1) is 21.4. The molecule has 162 valence electrons. The number of nitrogens with zero attached hydrogens (tertiary/aromatic N) is 2. The summed E-state index contributed by atoms with van der Waals surface area (Å²) in [6.45, 7) is 1.10. The monoisotopic (exact) mass is 426 g/mol. The van der Waals surface area contributed by atoms with Crippen molar-refractivity contribution in [2.45, 2.75) is 19.6 Å². The molecular weight excluding hydrogens is 400 g/mol. The van der Waals surface area contributed by atoms with Crippen molar-refractivity contribution in [1.82, 2.24) is 9.47 Å². The van der Waals surface area contributed by atoms with Gasteiger partial charge in [-0.2, -0.15) is 0 Å². The van der Waals surface area contributed by atoms with Crippen LogP contribution in [-0.2, 0) is 29.1 Å². The van der Waals surface area contributed by atoms with Gasteiger partial charge in [0.05, 0.1) is 5.56 Å². The highest BCUT2D eigenvalue weighted by Gasteiger charge is 2.16. The minimum absolute atomic E-state index is 0.0236. The Morgan fingerprint density at radius 2 is 1.53 bits per heavy atom. The van der Waals surface area contributed by atoms with Gasteiger partial charge >= 0.3 is 5.97 Å². The molecule has 0 N–H and O–H groups in total. The number of amides is 1. The van der Waals surface area contributed by atoms with Crippen LogP contribution in [0.25, 0.3) is 10.9 Å². The zero-order chi connectivity index (χ0) is 22.3. The van der Waals surface area contributed by atoms with Crippen molar-refractivity contribution in [3.8, 4) is 0 Å². The molecule has 0 saturated carbocycles. The molecule has 0 aliphatic heterocycles. The van der Waals surface area contributed by atoms with Gasteiger partial charge in [-0.3, -0.25) is 4.79 Å². The maximum Gasteiger partial charge on any atom is 0.339 e. The first-order chi connectivity index (χ1) is 15.6. The van der Waals surface area contributed by atoms with Gasteiger partial charge in [0.15, 0.2) is 0 Å². The van der Waals surface area contributed by atoms with Crippen LogP contribution >= 0.6 is 0 Å². The number of likely N-dealkylation sites (N-methyl/N-ethyl adjacent to an activating group) is 1. The fourth-order valence-corrected chi connectivity index (χ4v) is 3.67. The van der Waals surface area contributed by atoms with Crippen LogP contribution in [0.15, 0.2) is 91.1 Å². The molecule has 0 aliphatic rings. The third kappa shape index (κ3) is 5.06. The second-order valence-corrected chi connectivity index (χ2v) is 7.79. The molecule has 0 unspecified atom stereocenters. The van der Waals surface area contributed by atoms with Gasteiger partial charge in [-0.25, -0.2) is 4.79 Å². The molecule has 0 bridgehead atoms. The molecule has 4 aromatic rings. The minimum Gasteiger partial charge on any atom is -0.457 e. The van der Waals surface area contributed by atoms with Crippen LogP contribution < -0.4 is 0 Å². The van der Waals surface area contributed by atoms with Crippen molar-refractivity contribution in [1.29, 1.82) is 0 Å². The third-order valence-electron chi connectivity index (χ3n) is 5.56. The molecule has 0 radical (unpaired) electrons. The highest BCUT2D eigenvalue weighted by atomic mass is 16.5. The Morgan fingerprint density at radius 1 is 0.844 bits per heavy atom. The first-order valence-electron chi connectivity index (χ1n) is 10.7. The molecular formula is C27H26N2O3. The predicted molar refractivity (Wildman–Crippen MR) is 125 cm³/mol. The zero-order valence-corrected chi connectivity index (χ0v) is 18.1. The summed E-state index contributed by atoms with van der Waals surface area (Å²) in [5, 5.41) is 0.783. The summed E-state index contributed by atoms with van der Waals surface area (Å²) >= 11 is 0. The average molecular weight is 427 g/mol. The standard InChI is InChI=1S/C27H26N2O3/c1-28(17-15-21-9-4-2-5-10-21)26(30)19-29-18-16-23-24(13-8-14-25(23)29)27(31)32-20-22-11-6-3-7-12-22/h2-14,16,18H,15,17,19-20H2,1H3. The van der Waals surface area contributed by atoms with Crippen molar-refractivity contribution in [3.05, 3.63) is 108 Å². The molecule has 0 atom stereocenters. The van der Waals surface area contributed by atoms with E-state index in [1.807, 2.05) is 84.5 Å². The SMILES string of the molecule is CN(CCc1ccccc1)C(=O)Cn1ccc2c(C(=O)OCc3ccccc3)cccc21. The van der Waals surface area contributed by atoms with Crippen molar-refractivity contribution in [3.63, 3.8) is 0 Å². The maximum atomic E-state index is 12.8. The molecule has 0 saturated heterocycles. The number of carbonyl (C=O) groups is 2. The van der Waals surface area contributed by atoms with E-state index < -0.39 is 0 Å². The van der Waals surface area contributed by atoms with Crippen LogP contribution in [0.4, 0.5) is 0 Å². The molecule has 32 heavy (non-hydrogen) atoms. The lowest BCUT2D eigenvalue weighted by atomic mass is 10.1. The fourth-order valence-electron chi connectivity index (χ4n) is 3.67. The van der Waals surface area contributed by atoms with Crippen LogP contribution in [-0.4, -0.2) is 34.9 Å². The Labute approximate surface area is 187 Å². The minimum atomic E-state index is -0.372. The molecule has 3 aromatic carbocycles. The molecule has 0 spiro atoms. The normalized spacial score (nSPS) is 10.8. The Hall–Kier alpha value is -3.86. The van der Waals surface area contributed by atoms with E-state index in [-0.39, 0.29) is 25.0 Å². The van der Waals surface area contributed by atoms with E-state index in [2.05, 4.69) is 12.1 Å². The number of benzene rings is 3. The lowest BCUT2D eigenvalue weighted by Crippen LogP contribution is -2.31. The molecule has 0 aliphatic carbocycles. The summed E-state index contributed by atoms with van der Waals surface area (Å²) in [7, 11) is 1.82. The largest absolute Gasteiger partial charge is 0.457 e. The number of carbonyl (C=O) groups excluding carboxylic acids is 2. The zero-order valence-electron chi connectivity index (χ0n) is 18.1. The predicted octanol–water partition coefficient (Wildman–Crippen LogP) is 4.70. The second kappa shape index (κ2) is 9.96. The Bertz CT molecular complexity index is 1200.